The summed E-state index contributed by atoms with van der Waals surface area (Å²) in [6.45, 7) is 2.23. The van der Waals surface area contributed by atoms with Gasteiger partial charge in [0.25, 0.3) is 0 Å². The Hall–Kier alpha value is -3.78. The Labute approximate surface area is 181 Å². The van der Waals surface area contributed by atoms with Crippen LogP contribution in [-0.4, -0.2) is 9.97 Å². The average molecular weight is 396 g/mol. The molecule has 0 bridgehead atoms. The molecule has 1 aromatic carbocycles. The zero-order valence-electron chi connectivity index (χ0n) is 17.2. The average Bonchev–Trinajstić information content (AvgIpc) is 2.83. The highest BCUT2D eigenvalue weighted by atomic mass is 14.7. The summed E-state index contributed by atoms with van der Waals surface area (Å²) in [4.78, 5) is 9.35. The van der Waals surface area contributed by atoms with Gasteiger partial charge >= 0.3 is 0 Å². The Morgan fingerprint density at radius 2 is 1.52 bits per heavy atom. The smallest absolute Gasteiger partial charge is 0.0970 e. The molecular weight excluding hydrogens is 376 g/mol. The van der Waals surface area contributed by atoms with Crippen LogP contribution in [0.5, 0.6) is 0 Å². The van der Waals surface area contributed by atoms with E-state index in [0.717, 1.165) is 21.8 Å². The van der Waals surface area contributed by atoms with Crippen molar-refractivity contribution in [2.24, 2.45) is 11.8 Å². The van der Waals surface area contributed by atoms with Gasteiger partial charge in [0.2, 0.25) is 0 Å². The molecule has 0 fully saturated rings. The highest BCUT2D eigenvalue weighted by Gasteiger charge is 2.40. The highest BCUT2D eigenvalue weighted by molar-refractivity contribution is 6.10. The normalized spacial score (nSPS) is 23.4. The van der Waals surface area contributed by atoms with Crippen LogP contribution in [0.2, 0.25) is 0 Å². The largest absolute Gasteiger partial charge is 0.254 e. The van der Waals surface area contributed by atoms with Gasteiger partial charge < -0.3 is 0 Å². The number of hydrogen-bond donors (Lipinski definition) is 0. The molecule has 2 atom stereocenters. The van der Waals surface area contributed by atoms with Gasteiger partial charge in [-0.05, 0) is 64.1 Å². The van der Waals surface area contributed by atoms with E-state index in [0.29, 0.717) is 11.8 Å². The number of allylic oxidation sites excluding steroid dienone is 14. The van der Waals surface area contributed by atoms with Crippen molar-refractivity contribution in [2.45, 2.75) is 6.92 Å². The van der Waals surface area contributed by atoms with Gasteiger partial charge in [-0.2, -0.15) is 0 Å². The highest BCUT2D eigenvalue weighted by Crippen LogP contribution is 2.53. The Morgan fingerprint density at radius 3 is 2.45 bits per heavy atom. The molecular formula is C29H20N2. The molecule has 2 heteroatoms. The van der Waals surface area contributed by atoms with Gasteiger partial charge in [-0.15, -0.1) is 0 Å². The molecule has 3 aromatic rings. The van der Waals surface area contributed by atoms with Crippen molar-refractivity contribution in [3.8, 4) is 0 Å². The third-order valence-electron chi connectivity index (χ3n) is 7.12. The van der Waals surface area contributed by atoms with E-state index in [2.05, 4.69) is 78.7 Å². The van der Waals surface area contributed by atoms with Crippen molar-refractivity contribution in [3.05, 3.63) is 125 Å². The fourth-order valence-electron chi connectivity index (χ4n) is 5.68. The van der Waals surface area contributed by atoms with Crippen LogP contribution in [0.4, 0.5) is 0 Å². The Balaban J connectivity index is 1.52. The first-order chi connectivity index (χ1) is 15.3. The lowest BCUT2D eigenvalue weighted by Gasteiger charge is -2.42. The van der Waals surface area contributed by atoms with Crippen LogP contribution in [0.15, 0.2) is 119 Å². The summed E-state index contributed by atoms with van der Waals surface area (Å²) >= 11 is 0. The van der Waals surface area contributed by atoms with Crippen LogP contribution in [-0.2, 0) is 0 Å². The minimum atomic E-state index is 0.371. The third-order valence-corrected chi connectivity index (χ3v) is 7.12. The Bertz CT molecular complexity index is 1540. The number of aromatic nitrogens is 2. The van der Waals surface area contributed by atoms with Gasteiger partial charge in [0.05, 0.1) is 11.0 Å². The van der Waals surface area contributed by atoms with Gasteiger partial charge in [0, 0.05) is 35.0 Å². The molecule has 7 rings (SSSR count). The van der Waals surface area contributed by atoms with Crippen LogP contribution in [0, 0.1) is 11.8 Å². The molecule has 2 aromatic heterocycles. The topological polar surface area (TPSA) is 25.8 Å². The lowest BCUT2D eigenvalue weighted by Crippen LogP contribution is -2.30. The van der Waals surface area contributed by atoms with Gasteiger partial charge in [0.1, 0.15) is 0 Å². The maximum Gasteiger partial charge on any atom is 0.0970 e. The maximum absolute atomic E-state index is 4.72. The van der Waals surface area contributed by atoms with E-state index in [1.54, 1.807) is 0 Å². The summed E-state index contributed by atoms with van der Waals surface area (Å²) in [5, 5.41) is 2.29. The predicted octanol–water partition coefficient (Wildman–Crippen LogP) is 6.66. The molecule has 0 spiro atoms. The van der Waals surface area contributed by atoms with Crippen LogP contribution in [0.1, 0.15) is 12.5 Å². The third kappa shape index (κ3) is 2.28. The second kappa shape index (κ2) is 6.12. The zero-order valence-corrected chi connectivity index (χ0v) is 17.2. The Kier molecular flexibility index (Phi) is 3.35. The van der Waals surface area contributed by atoms with Crippen molar-refractivity contribution in [1.29, 1.82) is 0 Å². The lowest BCUT2D eigenvalue weighted by atomic mass is 9.61. The second-order valence-electron chi connectivity index (χ2n) is 8.69. The summed E-state index contributed by atoms with van der Waals surface area (Å²) in [5.74, 6) is 0.785. The van der Waals surface area contributed by atoms with E-state index in [1.807, 2.05) is 24.5 Å². The quantitative estimate of drug-likeness (QED) is 0.430. The first-order valence-corrected chi connectivity index (χ1v) is 10.8. The van der Waals surface area contributed by atoms with Crippen LogP contribution < -0.4 is 0 Å². The Morgan fingerprint density at radius 1 is 0.742 bits per heavy atom. The van der Waals surface area contributed by atoms with E-state index in [-0.39, 0.29) is 0 Å². The monoisotopic (exact) mass is 396 g/mol. The molecule has 0 aliphatic heterocycles. The van der Waals surface area contributed by atoms with Crippen LogP contribution >= 0.6 is 0 Å². The molecule has 2 unspecified atom stereocenters. The molecule has 0 N–H and O–H groups in total. The molecule has 4 aliphatic carbocycles. The molecule has 0 radical (unpaired) electrons. The number of pyridine rings is 2. The summed E-state index contributed by atoms with van der Waals surface area (Å²) in [6, 6.07) is 10.6. The lowest BCUT2D eigenvalue weighted by molar-refractivity contribution is 0.563. The van der Waals surface area contributed by atoms with E-state index < -0.39 is 0 Å². The predicted molar refractivity (Wildman–Crippen MR) is 127 cm³/mol. The standard InChI is InChI=1S/C29H20N2/c1-17-6-7-18-10-13-23-22(12-9-19-8-11-21(17)26(18)27(19)23)25-16-20-4-2-14-30-28(20)29-24(25)5-3-15-31-29/h2-16,26-27H,1H3. The summed E-state index contributed by atoms with van der Waals surface area (Å²) in [7, 11) is 0. The molecule has 2 nitrogen and oxygen atoms in total. The molecule has 4 aliphatic rings. The zero-order chi connectivity index (χ0) is 20.5. The van der Waals surface area contributed by atoms with Gasteiger partial charge in [-0.25, -0.2) is 0 Å². The van der Waals surface area contributed by atoms with E-state index in [9.17, 15) is 0 Å². The molecule has 0 saturated carbocycles. The van der Waals surface area contributed by atoms with Crippen LogP contribution in [0.3, 0.4) is 0 Å². The van der Waals surface area contributed by atoms with Crippen molar-refractivity contribution >= 4 is 27.4 Å². The fraction of sp³-hybridized carbons (Fsp3) is 0.103. The molecule has 2 heterocycles. The van der Waals surface area contributed by atoms with Crippen molar-refractivity contribution < 1.29 is 0 Å². The van der Waals surface area contributed by atoms with Crippen molar-refractivity contribution in [3.63, 3.8) is 0 Å². The molecule has 31 heavy (non-hydrogen) atoms. The number of hydrogen-bond acceptors (Lipinski definition) is 2. The summed E-state index contributed by atoms with van der Waals surface area (Å²) < 4.78 is 0. The number of benzene rings is 1. The first kappa shape index (κ1) is 17.0. The van der Waals surface area contributed by atoms with Gasteiger partial charge in [0.15, 0.2) is 0 Å². The van der Waals surface area contributed by atoms with Crippen molar-refractivity contribution in [1.82, 2.24) is 9.97 Å². The van der Waals surface area contributed by atoms with Gasteiger partial charge in [-0.3, -0.25) is 9.97 Å². The minimum Gasteiger partial charge on any atom is -0.254 e. The fourth-order valence-corrected chi connectivity index (χ4v) is 5.68. The molecule has 0 saturated heterocycles. The summed E-state index contributed by atoms with van der Waals surface area (Å²) in [5.41, 5.74) is 11.5. The summed E-state index contributed by atoms with van der Waals surface area (Å²) in [6.07, 6.45) is 22.2. The molecule has 146 valence electrons. The maximum atomic E-state index is 4.72. The number of fused-ring (bicyclic) bond motifs is 3. The van der Waals surface area contributed by atoms with E-state index >= 15 is 0 Å². The molecule has 0 amide bonds. The van der Waals surface area contributed by atoms with Crippen molar-refractivity contribution in [2.75, 3.05) is 0 Å². The SMILES string of the molecule is CC1=C2C=CC3=CC=C(c4cc5cccnc5c5ncccc45)C4=CC=C(C=C1)C2C34. The number of nitrogens with zero attached hydrogens (tertiary/aromatic N) is 2. The second-order valence-corrected chi connectivity index (χ2v) is 8.69. The minimum absolute atomic E-state index is 0.371. The van der Waals surface area contributed by atoms with Gasteiger partial charge in [-0.1, -0.05) is 60.7 Å². The van der Waals surface area contributed by atoms with Crippen LogP contribution in [0.25, 0.3) is 27.4 Å². The first-order valence-electron chi connectivity index (χ1n) is 10.8. The number of rotatable bonds is 1. The van der Waals surface area contributed by atoms with E-state index in [4.69, 9.17) is 4.98 Å². The van der Waals surface area contributed by atoms with E-state index in [1.165, 1.54) is 39.0 Å².